The van der Waals surface area contributed by atoms with Gasteiger partial charge in [0.25, 0.3) is 5.91 Å². The summed E-state index contributed by atoms with van der Waals surface area (Å²) in [5.74, 6) is -0.785. The largest absolute Gasteiger partial charge is 0.444 e. The third kappa shape index (κ3) is 6.60. The van der Waals surface area contributed by atoms with Crippen molar-refractivity contribution in [1.82, 2.24) is 15.1 Å². The Labute approximate surface area is 249 Å². The highest BCUT2D eigenvalue weighted by Crippen LogP contribution is 2.43. The summed E-state index contributed by atoms with van der Waals surface area (Å²) < 4.78 is 26.0. The molecule has 3 fully saturated rings. The fourth-order valence-electron chi connectivity index (χ4n) is 6.08. The molecule has 42 heavy (non-hydrogen) atoms. The molecule has 2 aromatic rings. The van der Waals surface area contributed by atoms with Crippen molar-refractivity contribution in [3.05, 3.63) is 45.9 Å². The first-order valence-electron chi connectivity index (χ1n) is 14.5. The quantitative estimate of drug-likeness (QED) is 0.494. The SMILES string of the molecule is CC(C)(C)OC(=O)N1C2CCC(C2)C1C(=O)NC(C#N)CCc1ccc(-c2csc(C(=O)N3CCOCC3)c2)cc1F. The summed E-state index contributed by atoms with van der Waals surface area (Å²) in [4.78, 5) is 42.9. The van der Waals surface area contributed by atoms with E-state index >= 15 is 4.39 Å². The van der Waals surface area contributed by atoms with Gasteiger partial charge in [0.15, 0.2) is 0 Å². The number of thiophene rings is 1. The van der Waals surface area contributed by atoms with E-state index in [0.29, 0.717) is 42.3 Å². The van der Waals surface area contributed by atoms with Crippen LogP contribution in [0.15, 0.2) is 29.6 Å². The van der Waals surface area contributed by atoms with Crippen molar-refractivity contribution < 1.29 is 28.2 Å². The minimum atomic E-state index is -0.832. The smallest absolute Gasteiger partial charge is 0.411 e. The van der Waals surface area contributed by atoms with Crippen LogP contribution in [0.25, 0.3) is 11.1 Å². The molecule has 224 valence electrons. The molecule has 1 aromatic carbocycles. The molecule has 1 N–H and O–H groups in total. The molecule has 1 aromatic heterocycles. The van der Waals surface area contributed by atoms with Crippen molar-refractivity contribution in [1.29, 1.82) is 5.26 Å². The third-order valence-electron chi connectivity index (χ3n) is 8.13. The molecule has 3 aliphatic rings. The Kier molecular flexibility index (Phi) is 8.85. The van der Waals surface area contributed by atoms with Gasteiger partial charge in [-0.3, -0.25) is 14.5 Å². The molecule has 2 aliphatic heterocycles. The fourth-order valence-corrected chi connectivity index (χ4v) is 6.96. The highest BCUT2D eigenvalue weighted by atomic mass is 32.1. The molecule has 4 unspecified atom stereocenters. The molecule has 1 aliphatic carbocycles. The van der Waals surface area contributed by atoms with Crippen LogP contribution in [0, 0.1) is 23.1 Å². The third-order valence-corrected chi connectivity index (χ3v) is 9.05. The average Bonchev–Trinajstić information content (AvgIpc) is 3.72. The highest BCUT2D eigenvalue weighted by Gasteiger charge is 2.52. The second-order valence-corrected chi connectivity index (χ2v) is 13.1. The molecule has 1 saturated carbocycles. The van der Waals surface area contributed by atoms with E-state index in [1.54, 1.807) is 48.8 Å². The van der Waals surface area contributed by atoms with Crippen LogP contribution in [0.5, 0.6) is 0 Å². The van der Waals surface area contributed by atoms with Crippen molar-refractivity contribution in [3.63, 3.8) is 0 Å². The van der Waals surface area contributed by atoms with E-state index in [0.717, 1.165) is 24.8 Å². The minimum Gasteiger partial charge on any atom is -0.444 e. The van der Waals surface area contributed by atoms with Crippen LogP contribution in [-0.2, 0) is 20.7 Å². The number of nitrogens with zero attached hydrogens (tertiary/aromatic N) is 3. The molecule has 11 heteroatoms. The molecule has 3 amide bonds. The van der Waals surface area contributed by atoms with Gasteiger partial charge in [-0.05, 0) is 93.0 Å². The molecule has 0 spiro atoms. The van der Waals surface area contributed by atoms with Crippen LogP contribution in [0.2, 0.25) is 0 Å². The highest BCUT2D eigenvalue weighted by molar-refractivity contribution is 7.12. The number of hydrogen-bond acceptors (Lipinski definition) is 7. The van der Waals surface area contributed by atoms with Crippen LogP contribution in [0.1, 0.15) is 61.7 Å². The van der Waals surface area contributed by atoms with Crippen LogP contribution < -0.4 is 5.32 Å². The van der Waals surface area contributed by atoms with Crippen molar-refractivity contribution in [3.8, 4) is 17.2 Å². The molecule has 5 rings (SSSR count). The Morgan fingerprint density at radius 2 is 1.95 bits per heavy atom. The van der Waals surface area contributed by atoms with Crippen LogP contribution >= 0.6 is 11.3 Å². The van der Waals surface area contributed by atoms with Gasteiger partial charge in [0, 0.05) is 19.1 Å². The first kappa shape index (κ1) is 30.0. The number of benzene rings is 1. The summed E-state index contributed by atoms with van der Waals surface area (Å²) >= 11 is 1.33. The fraction of sp³-hybridized carbons (Fsp3) is 0.548. The first-order valence-corrected chi connectivity index (χ1v) is 15.4. The number of nitrogens with one attached hydrogen (secondary N) is 1. The van der Waals surface area contributed by atoms with Gasteiger partial charge in [0.2, 0.25) is 5.91 Å². The van der Waals surface area contributed by atoms with Gasteiger partial charge in [0.05, 0.1) is 24.2 Å². The van der Waals surface area contributed by atoms with E-state index in [2.05, 4.69) is 11.4 Å². The lowest BCUT2D eigenvalue weighted by atomic mass is 9.97. The zero-order valence-corrected chi connectivity index (χ0v) is 25.0. The van der Waals surface area contributed by atoms with E-state index < -0.39 is 29.6 Å². The van der Waals surface area contributed by atoms with Gasteiger partial charge in [-0.25, -0.2) is 9.18 Å². The standard InChI is InChI=1S/C31H37FN4O5S/c1-31(2,3)41-30(39)36-24-9-7-21(14-24)27(36)28(37)34-23(17-33)8-6-19-4-5-20(15-25(19)32)22-16-26(42-18-22)29(38)35-10-12-40-13-11-35/h4-5,15-16,18,21,23-24,27H,6-14H2,1-3H3,(H,34,37). The normalized spacial score (nSPS) is 22.5. The molecule has 4 atom stereocenters. The van der Waals surface area contributed by atoms with Gasteiger partial charge in [-0.1, -0.05) is 12.1 Å². The lowest BCUT2D eigenvalue weighted by Gasteiger charge is -2.35. The molecular formula is C31H37FN4O5S. The maximum absolute atomic E-state index is 15.1. The Hall–Kier alpha value is -3.49. The number of amides is 3. The van der Waals surface area contributed by atoms with Crippen molar-refractivity contribution >= 4 is 29.2 Å². The monoisotopic (exact) mass is 596 g/mol. The van der Waals surface area contributed by atoms with Crippen LogP contribution in [0.4, 0.5) is 9.18 Å². The summed E-state index contributed by atoms with van der Waals surface area (Å²) in [6.45, 7) is 7.54. The van der Waals surface area contributed by atoms with E-state index in [-0.39, 0.29) is 36.6 Å². The predicted molar refractivity (Wildman–Crippen MR) is 155 cm³/mol. The molecule has 2 saturated heterocycles. The number of likely N-dealkylation sites (tertiary alicyclic amines) is 1. The van der Waals surface area contributed by atoms with Crippen molar-refractivity contribution in [2.45, 2.75) is 76.6 Å². The van der Waals surface area contributed by atoms with Gasteiger partial charge in [-0.2, -0.15) is 5.26 Å². The number of carbonyl (C=O) groups is 3. The zero-order chi connectivity index (χ0) is 30.0. The number of aryl methyl sites for hydroxylation is 1. The van der Waals surface area contributed by atoms with E-state index in [4.69, 9.17) is 9.47 Å². The summed E-state index contributed by atoms with van der Waals surface area (Å²) in [5.41, 5.74) is 1.19. The Morgan fingerprint density at radius 3 is 2.64 bits per heavy atom. The van der Waals surface area contributed by atoms with Crippen LogP contribution in [-0.4, -0.2) is 77.7 Å². The molecule has 2 bridgehead atoms. The van der Waals surface area contributed by atoms with Crippen molar-refractivity contribution in [2.24, 2.45) is 5.92 Å². The maximum atomic E-state index is 15.1. The number of piperidine rings is 1. The summed E-state index contributed by atoms with van der Waals surface area (Å²) in [5, 5.41) is 14.4. The topological polar surface area (TPSA) is 112 Å². The molecule has 9 nitrogen and oxygen atoms in total. The minimum absolute atomic E-state index is 0.0358. The number of halogens is 1. The number of morpholine rings is 1. The Morgan fingerprint density at radius 1 is 1.19 bits per heavy atom. The number of nitriles is 1. The summed E-state index contributed by atoms with van der Waals surface area (Å²) in [7, 11) is 0. The average molecular weight is 597 g/mol. The Bertz CT molecular complexity index is 1380. The number of rotatable bonds is 7. The van der Waals surface area contributed by atoms with Gasteiger partial charge < -0.3 is 19.7 Å². The van der Waals surface area contributed by atoms with Crippen LogP contribution in [0.3, 0.4) is 0 Å². The van der Waals surface area contributed by atoms with E-state index in [9.17, 15) is 19.6 Å². The lowest BCUT2D eigenvalue weighted by molar-refractivity contribution is -0.128. The second-order valence-electron chi connectivity index (χ2n) is 12.2. The molecule has 3 heterocycles. The summed E-state index contributed by atoms with van der Waals surface area (Å²) in [6, 6.07) is 7.29. The van der Waals surface area contributed by atoms with E-state index in [1.165, 1.54) is 17.4 Å². The Balaban J connectivity index is 1.19. The van der Waals surface area contributed by atoms with Gasteiger partial charge >= 0.3 is 6.09 Å². The summed E-state index contributed by atoms with van der Waals surface area (Å²) in [6.07, 6.45) is 2.41. The number of hydrogen-bond donors (Lipinski definition) is 1. The predicted octanol–water partition coefficient (Wildman–Crippen LogP) is 4.76. The molecule has 0 radical (unpaired) electrons. The number of carbonyl (C=O) groups excluding carboxylic acids is 3. The maximum Gasteiger partial charge on any atom is 0.411 e. The second kappa shape index (κ2) is 12.4. The number of fused-ring (bicyclic) bond motifs is 2. The van der Waals surface area contributed by atoms with Gasteiger partial charge in [0.1, 0.15) is 23.5 Å². The number of ether oxygens (including phenoxy) is 2. The zero-order valence-electron chi connectivity index (χ0n) is 24.2. The first-order chi connectivity index (χ1) is 20.0. The molecular weight excluding hydrogens is 559 g/mol. The van der Waals surface area contributed by atoms with Crippen molar-refractivity contribution in [2.75, 3.05) is 26.3 Å². The van der Waals surface area contributed by atoms with E-state index in [1.807, 2.05) is 5.38 Å². The van der Waals surface area contributed by atoms with Gasteiger partial charge in [-0.15, -0.1) is 11.3 Å². The lowest BCUT2D eigenvalue weighted by Crippen LogP contribution is -2.55.